The molecule has 0 saturated carbocycles. The van der Waals surface area contributed by atoms with Crippen molar-refractivity contribution in [2.75, 3.05) is 0 Å². The van der Waals surface area contributed by atoms with Crippen LogP contribution >= 0.6 is 23.7 Å². The molecule has 0 spiro atoms. The monoisotopic (exact) mass is 254 g/mol. The van der Waals surface area contributed by atoms with E-state index in [9.17, 15) is 4.79 Å². The van der Waals surface area contributed by atoms with Crippen molar-refractivity contribution >= 4 is 29.7 Å². The van der Waals surface area contributed by atoms with Gasteiger partial charge in [-0.3, -0.25) is 4.79 Å². The quantitative estimate of drug-likeness (QED) is 0.913. The van der Waals surface area contributed by atoms with E-state index < -0.39 is 5.91 Å². The lowest BCUT2D eigenvalue weighted by molar-refractivity contribution is 0.100. The van der Waals surface area contributed by atoms with Gasteiger partial charge < -0.3 is 5.73 Å². The fraction of sp³-hybridized carbons (Fsp3) is 0.0909. The maximum atomic E-state index is 10.9. The Morgan fingerprint density at radius 1 is 1.31 bits per heavy atom. The minimum atomic E-state index is -0.410. The van der Waals surface area contributed by atoms with Gasteiger partial charge >= 0.3 is 0 Å². The molecule has 0 aliphatic heterocycles. The number of amides is 1. The summed E-state index contributed by atoms with van der Waals surface area (Å²) in [4.78, 5) is 15.5. The molecule has 3 nitrogen and oxygen atoms in total. The molecule has 2 rings (SSSR count). The highest BCUT2D eigenvalue weighted by Gasteiger charge is 2.06. The van der Waals surface area contributed by atoms with Crippen LogP contribution in [0, 0.1) is 0 Å². The molecule has 2 aromatic rings. The van der Waals surface area contributed by atoms with Crippen LogP contribution in [-0.2, 0) is 6.42 Å². The minimum absolute atomic E-state index is 0. The lowest BCUT2D eigenvalue weighted by Crippen LogP contribution is -2.08. The van der Waals surface area contributed by atoms with Crippen molar-refractivity contribution < 1.29 is 4.79 Å². The van der Waals surface area contributed by atoms with Gasteiger partial charge in [-0.05, 0) is 5.56 Å². The molecular weight excluding hydrogens is 244 g/mol. The Morgan fingerprint density at radius 3 is 2.56 bits per heavy atom. The van der Waals surface area contributed by atoms with E-state index in [0.717, 1.165) is 11.4 Å². The maximum absolute atomic E-state index is 10.9. The molecule has 0 fully saturated rings. The highest BCUT2D eigenvalue weighted by molar-refractivity contribution is 7.13. The zero-order valence-electron chi connectivity index (χ0n) is 8.42. The van der Waals surface area contributed by atoms with Gasteiger partial charge in [-0.15, -0.1) is 23.7 Å². The highest BCUT2D eigenvalue weighted by Crippen LogP contribution is 2.16. The number of thiazole rings is 1. The molecule has 0 radical (unpaired) electrons. The summed E-state index contributed by atoms with van der Waals surface area (Å²) < 4.78 is 0. The molecule has 16 heavy (non-hydrogen) atoms. The number of primary amides is 1. The number of nitrogens with zero attached hydrogens (tertiary/aromatic N) is 1. The number of nitrogens with two attached hydrogens (primary N) is 1. The Balaban J connectivity index is 0.00000128. The van der Waals surface area contributed by atoms with Crippen molar-refractivity contribution in [3.8, 4) is 0 Å². The number of halogens is 1. The number of rotatable bonds is 3. The lowest BCUT2D eigenvalue weighted by Gasteiger charge is -1.95. The molecule has 0 bridgehead atoms. The van der Waals surface area contributed by atoms with E-state index >= 15 is 0 Å². The summed E-state index contributed by atoms with van der Waals surface area (Å²) in [5.74, 6) is -0.410. The van der Waals surface area contributed by atoms with Crippen LogP contribution in [0.25, 0.3) is 0 Å². The normalized spacial score (nSPS) is 9.50. The highest BCUT2D eigenvalue weighted by atomic mass is 35.5. The van der Waals surface area contributed by atoms with Gasteiger partial charge in [-0.1, -0.05) is 30.3 Å². The average molecular weight is 255 g/mol. The molecule has 0 atom stereocenters. The molecule has 1 aromatic carbocycles. The molecule has 1 heterocycles. The van der Waals surface area contributed by atoms with Crippen LogP contribution in [0.1, 0.15) is 20.2 Å². The van der Waals surface area contributed by atoms with E-state index in [1.807, 2.05) is 30.3 Å². The summed E-state index contributed by atoms with van der Waals surface area (Å²) >= 11 is 1.35. The topological polar surface area (TPSA) is 56.0 Å². The molecular formula is C11H11ClN2OS. The molecule has 0 aliphatic carbocycles. The summed E-state index contributed by atoms with van der Waals surface area (Å²) in [7, 11) is 0. The summed E-state index contributed by atoms with van der Waals surface area (Å²) in [6, 6.07) is 10.0. The van der Waals surface area contributed by atoms with Crippen molar-refractivity contribution in [2.45, 2.75) is 6.42 Å². The van der Waals surface area contributed by atoms with Gasteiger partial charge in [-0.25, -0.2) is 4.98 Å². The molecule has 1 aromatic heterocycles. The first-order chi connectivity index (χ1) is 7.25. The van der Waals surface area contributed by atoms with E-state index in [1.54, 1.807) is 0 Å². The van der Waals surface area contributed by atoms with E-state index in [2.05, 4.69) is 4.98 Å². The summed E-state index contributed by atoms with van der Waals surface area (Å²) in [6.07, 6.45) is 2.28. The second kappa shape index (κ2) is 5.63. The van der Waals surface area contributed by atoms with Crippen LogP contribution in [0.5, 0.6) is 0 Å². The SMILES string of the molecule is Cl.NC(=O)c1cnc(Cc2ccccc2)s1. The molecule has 2 N–H and O–H groups in total. The Bertz CT molecular complexity index is 470. The van der Waals surface area contributed by atoms with Gasteiger partial charge in [-0.2, -0.15) is 0 Å². The van der Waals surface area contributed by atoms with Crippen LogP contribution in [0.3, 0.4) is 0 Å². The van der Waals surface area contributed by atoms with Gasteiger partial charge in [0.2, 0.25) is 0 Å². The van der Waals surface area contributed by atoms with E-state index in [0.29, 0.717) is 4.88 Å². The van der Waals surface area contributed by atoms with Crippen molar-refractivity contribution in [3.63, 3.8) is 0 Å². The Hall–Kier alpha value is -1.39. The van der Waals surface area contributed by atoms with Crippen molar-refractivity contribution in [2.24, 2.45) is 5.73 Å². The number of benzene rings is 1. The van der Waals surface area contributed by atoms with E-state index in [-0.39, 0.29) is 12.4 Å². The Kier molecular flexibility index (Phi) is 4.46. The van der Waals surface area contributed by atoms with Gasteiger partial charge in [0.05, 0.1) is 11.2 Å². The first kappa shape index (κ1) is 12.7. The predicted molar refractivity (Wildman–Crippen MR) is 67.1 cm³/mol. The number of carbonyl (C=O) groups is 1. The van der Waals surface area contributed by atoms with Gasteiger partial charge in [0.25, 0.3) is 5.91 Å². The number of hydrogen-bond donors (Lipinski definition) is 1. The van der Waals surface area contributed by atoms with Crippen LogP contribution in [-0.4, -0.2) is 10.9 Å². The maximum Gasteiger partial charge on any atom is 0.260 e. The zero-order chi connectivity index (χ0) is 10.7. The standard InChI is InChI=1S/C11H10N2OS.ClH/c12-11(14)9-7-13-10(15-9)6-8-4-2-1-3-5-8;/h1-5,7H,6H2,(H2,12,14);1H. The fourth-order valence-electron chi connectivity index (χ4n) is 1.28. The summed E-state index contributed by atoms with van der Waals surface area (Å²) in [5, 5.41) is 0.912. The first-order valence-electron chi connectivity index (χ1n) is 4.54. The number of carbonyl (C=O) groups excluding carboxylic acids is 1. The van der Waals surface area contributed by atoms with Gasteiger partial charge in [0.1, 0.15) is 4.88 Å². The van der Waals surface area contributed by atoms with Crippen LogP contribution in [0.15, 0.2) is 36.5 Å². The molecule has 0 saturated heterocycles. The summed E-state index contributed by atoms with van der Waals surface area (Å²) in [5.41, 5.74) is 6.34. The van der Waals surface area contributed by atoms with Crippen LogP contribution in [0.2, 0.25) is 0 Å². The van der Waals surface area contributed by atoms with Gasteiger partial charge in [0.15, 0.2) is 0 Å². The first-order valence-corrected chi connectivity index (χ1v) is 5.36. The van der Waals surface area contributed by atoms with Crippen molar-refractivity contribution in [3.05, 3.63) is 52.0 Å². The molecule has 1 amide bonds. The van der Waals surface area contributed by atoms with Crippen molar-refractivity contribution in [1.29, 1.82) is 0 Å². The fourth-order valence-corrected chi connectivity index (χ4v) is 2.08. The van der Waals surface area contributed by atoms with Crippen molar-refractivity contribution in [1.82, 2.24) is 4.98 Å². The predicted octanol–water partition coefficient (Wildman–Crippen LogP) is 2.25. The Morgan fingerprint density at radius 2 is 2.00 bits per heavy atom. The summed E-state index contributed by atoms with van der Waals surface area (Å²) in [6.45, 7) is 0. The van der Waals surface area contributed by atoms with Crippen LogP contribution in [0.4, 0.5) is 0 Å². The Labute approximate surface area is 104 Å². The second-order valence-corrected chi connectivity index (χ2v) is 4.26. The minimum Gasteiger partial charge on any atom is -0.365 e. The van der Waals surface area contributed by atoms with Crippen LogP contribution < -0.4 is 5.73 Å². The van der Waals surface area contributed by atoms with Gasteiger partial charge in [0, 0.05) is 6.42 Å². The molecule has 0 aliphatic rings. The number of aromatic nitrogens is 1. The molecule has 0 unspecified atom stereocenters. The smallest absolute Gasteiger partial charge is 0.260 e. The average Bonchev–Trinajstić information content (AvgIpc) is 2.68. The molecule has 84 valence electrons. The van der Waals surface area contributed by atoms with E-state index in [4.69, 9.17) is 5.73 Å². The third kappa shape index (κ3) is 3.05. The zero-order valence-corrected chi connectivity index (χ0v) is 10.1. The third-order valence-electron chi connectivity index (χ3n) is 1.99. The largest absolute Gasteiger partial charge is 0.365 e. The van der Waals surface area contributed by atoms with E-state index in [1.165, 1.54) is 23.1 Å². The second-order valence-electron chi connectivity index (χ2n) is 3.14. The molecule has 5 heteroatoms. The third-order valence-corrected chi connectivity index (χ3v) is 3.01. The number of hydrogen-bond acceptors (Lipinski definition) is 3. The lowest BCUT2D eigenvalue weighted by atomic mass is 10.2.